The Bertz CT molecular complexity index is 1160. The van der Waals surface area contributed by atoms with Crippen molar-refractivity contribution in [3.8, 4) is 5.75 Å². The molecule has 1 atom stereocenters. The zero-order valence-corrected chi connectivity index (χ0v) is 16.3. The smallest absolute Gasteiger partial charge is 0.416 e. The van der Waals surface area contributed by atoms with E-state index in [1.54, 1.807) is 18.2 Å². The molecule has 1 saturated heterocycles. The number of phenols is 1. The minimum atomic E-state index is -4.52. The summed E-state index contributed by atoms with van der Waals surface area (Å²) in [5, 5.41) is 14.4. The molecule has 4 rings (SSSR count). The average molecular weight is 428 g/mol. The number of carbonyl (C=O) groups is 2. The second-order valence-electron chi connectivity index (χ2n) is 7.41. The van der Waals surface area contributed by atoms with Crippen LogP contribution in [0.3, 0.4) is 0 Å². The minimum absolute atomic E-state index is 0.00711. The number of nitrogens with one attached hydrogen (secondary N) is 1. The van der Waals surface area contributed by atoms with Gasteiger partial charge in [-0.2, -0.15) is 13.2 Å². The van der Waals surface area contributed by atoms with Gasteiger partial charge in [-0.15, -0.1) is 0 Å². The monoisotopic (exact) mass is 428 g/mol. The fraction of sp³-hybridized carbons (Fsp3) is 0.217. The van der Waals surface area contributed by atoms with Gasteiger partial charge in [0.05, 0.1) is 11.1 Å². The second-order valence-corrected chi connectivity index (χ2v) is 7.41. The fourth-order valence-corrected chi connectivity index (χ4v) is 3.86. The van der Waals surface area contributed by atoms with Crippen LogP contribution in [0.5, 0.6) is 5.75 Å². The molecule has 0 aromatic heterocycles. The molecule has 0 aliphatic carbocycles. The topological polar surface area (TPSA) is 69.6 Å². The Morgan fingerprint density at radius 3 is 2.58 bits per heavy atom. The third kappa shape index (κ3) is 4.05. The number of hydrogen-bond acceptors (Lipinski definition) is 3. The Balaban J connectivity index is 1.56. The molecule has 0 radical (unpaired) electrons. The van der Waals surface area contributed by atoms with Crippen LogP contribution in [-0.4, -0.2) is 34.4 Å². The van der Waals surface area contributed by atoms with Gasteiger partial charge in [-0.1, -0.05) is 36.4 Å². The van der Waals surface area contributed by atoms with Crippen molar-refractivity contribution >= 4 is 28.3 Å². The number of alkyl halides is 3. The Labute approximate surface area is 176 Å². The van der Waals surface area contributed by atoms with Gasteiger partial charge in [0.2, 0.25) is 5.91 Å². The SMILES string of the molecule is O=C(Nc1cccc(C(F)(F)F)c1)[C@H]1CCCN1C(=O)c1ccc2ccccc2c1O. The molecule has 160 valence electrons. The van der Waals surface area contributed by atoms with Gasteiger partial charge in [0.25, 0.3) is 5.91 Å². The lowest BCUT2D eigenvalue weighted by Gasteiger charge is -2.24. The van der Waals surface area contributed by atoms with E-state index in [0.29, 0.717) is 24.8 Å². The lowest BCUT2D eigenvalue weighted by Crippen LogP contribution is -2.43. The second kappa shape index (κ2) is 7.94. The molecule has 3 aromatic rings. The van der Waals surface area contributed by atoms with Crippen molar-refractivity contribution < 1.29 is 27.9 Å². The zero-order chi connectivity index (χ0) is 22.2. The number of rotatable bonds is 3. The third-order valence-corrected chi connectivity index (χ3v) is 5.40. The van der Waals surface area contributed by atoms with E-state index in [0.717, 1.165) is 17.5 Å². The molecule has 5 nitrogen and oxygen atoms in total. The number of aromatic hydroxyl groups is 1. The Kier molecular flexibility index (Phi) is 5.31. The molecule has 0 bridgehead atoms. The first-order chi connectivity index (χ1) is 14.8. The number of likely N-dealkylation sites (tertiary alicyclic amines) is 1. The zero-order valence-electron chi connectivity index (χ0n) is 16.3. The lowest BCUT2D eigenvalue weighted by atomic mass is 10.0. The number of carbonyl (C=O) groups excluding carboxylic acids is 2. The van der Waals surface area contributed by atoms with Crippen LogP contribution < -0.4 is 5.32 Å². The first-order valence-electron chi connectivity index (χ1n) is 9.75. The van der Waals surface area contributed by atoms with Crippen LogP contribution >= 0.6 is 0 Å². The van der Waals surface area contributed by atoms with Crippen molar-refractivity contribution in [1.82, 2.24) is 4.90 Å². The first-order valence-corrected chi connectivity index (χ1v) is 9.75. The van der Waals surface area contributed by atoms with Gasteiger partial charge in [0, 0.05) is 17.6 Å². The maximum absolute atomic E-state index is 13.1. The van der Waals surface area contributed by atoms with Crippen molar-refractivity contribution in [2.45, 2.75) is 25.1 Å². The number of phenolic OH excluding ortho intramolecular Hbond substituents is 1. The van der Waals surface area contributed by atoms with E-state index in [9.17, 15) is 27.9 Å². The molecule has 1 heterocycles. The van der Waals surface area contributed by atoms with E-state index in [-0.39, 0.29) is 17.0 Å². The van der Waals surface area contributed by atoms with Gasteiger partial charge in [-0.05, 0) is 42.5 Å². The maximum atomic E-state index is 13.1. The van der Waals surface area contributed by atoms with Crippen molar-refractivity contribution in [2.75, 3.05) is 11.9 Å². The Hall–Kier alpha value is -3.55. The quantitative estimate of drug-likeness (QED) is 0.629. The molecule has 1 fully saturated rings. The highest BCUT2D eigenvalue weighted by molar-refractivity contribution is 6.06. The predicted molar refractivity (Wildman–Crippen MR) is 110 cm³/mol. The highest BCUT2D eigenvalue weighted by atomic mass is 19.4. The number of fused-ring (bicyclic) bond motifs is 1. The van der Waals surface area contributed by atoms with Gasteiger partial charge >= 0.3 is 6.18 Å². The van der Waals surface area contributed by atoms with Crippen molar-refractivity contribution in [3.63, 3.8) is 0 Å². The minimum Gasteiger partial charge on any atom is -0.506 e. The molecule has 0 unspecified atom stereocenters. The van der Waals surface area contributed by atoms with Crippen LogP contribution in [0, 0.1) is 0 Å². The number of hydrogen-bond donors (Lipinski definition) is 2. The van der Waals surface area contributed by atoms with Gasteiger partial charge in [-0.3, -0.25) is 9.59 Å². The number of halogens is 3. The van der Waals surface area contributed by atoms with E-state index < -0.39 is 29.6 Å². The molecule has 31 heavy (non-hydrogen) atoms. The van der Waals surface area contributed by atoms with E-state index in [1.807, 2.05) is 12.1 Å². The van der Waals surface area contributed by atoms with E-state index in [4.69, 9.17) is 0 Å². The van der Waals surface area contributed by atoms with E-state index in [1.165, 1.54) is 23.1 Å². The summed E-state index contributed by atoms with van der Waals surface area (Å²) in [4.78, 5) is 27.2. The van der Waals surface area contributed by atoms with Crippen LogP contribution in [0.1, 0.15) is 28.8 Å². The number of anilines is 1. The maximum Gasteiger partial charge on any atom is 0.416 e. The lowest BCUT2D eigenvalue weighted by molar-refractivity contribution is -0.137. The Morgan fingerprint density at radius 2 is 1.81 bits per heavy atom. The van der Waals surface area contributed by atoms with Crippen molar-refractivity contribution in [1.29, 1.82) is 0 Å². The van der Waals surface area contributed by atoms with E-state index in [2.05, 4.69) is 5.32 Å². The molecular weight excluding hydrogens is 409 g/mol. The summed E-state index contributed by atoms with van der Waals surface area (Å²) in [5.74, 6) is -1.22. The van der Waals surface area contributed by atoms with Crippen LogP contribution in [0.15, 0.2) is 60.7 Å². The predicted octanol–water partition coefficient (Wildman–Crippen LogP) is 4.81. The standard InChI is InChI=1S/C23H19F3N2O3/c24-23(25,26)15-6-3-7-16(13-15)27-21(30)19-9-4-12-28(19)22(31)18-11-10-14-5-1-2-8-17(14)20(18)29/h1-3,5-8,10-11,13,19,29H,4,9,12H2,(H,27,30)/t19-/m1/s1. The van der Waals surface area contributed by atoms with Crippen molar-refractivity contribution in [2.24, 2.45) is 0 Å². The van der Waals surface area contributed by atoms with Crippen LogP contribution in [0.4, 0.5) is 18.9 Å². The van der Waals surface area contributed by atoms with Gasteiger partial charge in [-0.25, -0.2) is 0 Å². The molecular formula is C23H19F3N2O3. The van der Waals surface area contributed by atoms with Crippen LogP contribution in [0.25, 0.3) is 10.8 Å². The Morgan fingerprint density at radius 1 is 1.03 bits per heavy atom. The number of nitrogens with zero attached hydrogens (tertiary/aromatic N) is 1. The summed E-state index contributed by atoms with van der Waals surface area (Å²) in [6.07, 6.45) is -3.57. The van der Waals surface area contributed by atoms with Gasteiger partial charge in [0.15, 0.2) is 0 Å². The largest absolute Gasteiger partial charge is 0.506 e. The van der Waals surface area contributed by atoms with Crippen LogP contribution in [-0.2, 0) is 11.0 Å². The normalized spacial score (nSPS) is 16.5. The summed E-state index contributed by atoms with van der Waals surface area (Å²) >= 11 is 0. The molecule has 1 aliphatic heterocycles. The summed E-state index contributed by atoms with van der Waals surface area (Å²) in [6.45, 7) is 0.311. The highest BCUT2D eigenvalue weighted by Crippen LogP contribution is 2.33. The molecule has 2 amide bonds. The third-order valence-electron chi connectivity index (χ3n) is 5.40. The molecule has 8 heteroatoms. The van der Waals surface area contributed by atoms with E-state index >= 15 is 0 Å². The molecule has 0 spiro atoms. The highest BCUT2D eigenvalue weighted by Gasteiger charge is 2.36. The van der Waals surface area contributed by atoms with Gasteiger partial charge < -0.3 is 15.3 Å². The molecule has 3 aromatic carbocycles. The van der Waals surface area contributed by atoms with Crippen LogP contribution in [0.2, 0.25) is 0 Å². The number of amides is 2. The number of benzene rings is 3. The van der Waals surface area contributed by atoms with Crippen molar-refractivity contribution in [3.05, 3.63) is 71.8 Å². The fourth-order valence-electron chi connectivity index (χ4n) is 3.86. The molecule has 2 N–H and O–H groups in total. The summed E-state index contributed by atoms with van der Waals surface area (Å²) in [5.41, 5.74) is -0.782. The summed E-state index contributed by atoms with van der Waals surface area (Å²) in [7, 11) is 0. The summed E-state index contributed by atoms with van der Waals surface area (Å²) in [6, 6.07) is 13.8. The average Bonchev–Trinajstić information content (AvgIpc) is 3.23. The molecule has 1 aliphatic rings. The van der Waals surface area contributed by atoms with Gasteiger partial charge in [0.1, 0.15) is 11.8 Å². The molecule has 0 saturated carbocycles. The first kappa shape index (κ1) is 20.7. The summed E-state index contributed by atoms with van der Waals surface area (Å²) < 4.78 is 38.8.